The smallest absolute Gasteiger partial charge is 0.273 e. The quantitative estimate of drug-likeness (QED) is 0.664. The van der Waals surface area contributed by atoms with Crippen LogP contribution in [-0.4, -0.2) is 14.7 Å². The van der Waals surface area contributed by atoms with Gasteiger partial charge in [0.15, 0.2) is 0 Å². The molecule has 1 atom stereocenters. The van der Waals surface area contributed by atoms with Crippen molar-refractivity contribution in [3.63, 3.8) is 0 Å². The van der Waals surface area contributed by atoms with Crippen LogP contribution >= 0.6 is 0 Å². The summed E-state index contributed by atoms with van der Waals surface area (Å²) in [6, 6.07) is 0. The van der Waals surface area contributed by atoms with Gasteiger partial charge in [-0.2, -0.15) is 0 Å². The Morgan fingerprint density at radius 2 is 1.94 bits per heavy atom. The summed E-state index contributed by atoms with van der Waals surface area (Å²) in [4.78, 5) is 0. The fourth-order valence-corrected chi connectivity index (χ4v) is 2.23. The highest BCUT2D eigenvalue weighted by atomic mass is 28.3. The maximum Gasteiger partial charge on any atom is 0.273 e. The Hall–Kier alpha value is -0.643. The minimum atomic E-state index is -1.67. The van der Waals surface area contributed by atoms with Crippen LogP contribution in [0.3, 0.4) is 0 Å². The van der Waals surface area contributed by atoms with E-state index < -0.39 is 26.0 Å². The fraction of sp³-hybridized carbons (Fsp3) is 0.667. The van der Waals surface area contributed by atoms with Crippen molar-refractivity contribution in [1.82, 2.24) is 0 Å². The molecule has 1 aliphatic rings. The van der Waals surface area contributed by atoms with Crippen molar-refractivity contribution in [1.29, 1.82) is 0 Å². The summed E-state index contributed by atoms with van der Waals surface area (Å²) in [6.45, 7) is 9.19. The van der Waals surface area contributed by atoms with Crippen LogP contribution in [0.4, 0.5) is 8.78 Å². The van der Waals surface area contributed by atoms with Crippen molar-refractivity contribution >= 4 is 9.04 Å². The van der Waals surface area contributed by atoms with Crippen molar-refractivity contribution in [3.8, 4) is 0 Å². The molecule has 91 valence electrons. The maximum atomic E-state index is 14.6. The van der Waals surface area contributed by atoms with Crippen LogP contribution in [0.25, 0.3) is 0 Å². The Labute approximate surface area is 97.9 Å². The van der Waals surface area contributed by atoms with E-state index in [9.17, 15) is 8.78 Å². The van der Waals surface area contributed by atoms with Crippen LogP contribution < -0.4 is 0 Å². The van der Waals surface area contributed by atoms with E-state index in [1.165, 1.54) is 6.08 Å². The van der Waals surface area contributed by atoms with E-state index in [0.29, 0.717) is 5.76 Å². The van der Waals surface area contributed by atoms with Crippen LogP contribution in [0.2, 0.25) is 13.1 Å². The Kier molecular flexibility index (Phi) is 3.62. The molecular formula is C12H19F2OSi. The molecule has 1 unspecified atom stereocenters. The SMILES string of the molecule is C[Si](C)OC1=CC(F)=CC(F)(C(C)(C)C)C1. The molecule has 0 spiro atoms. The van der Waals surface area contributed by atoms with E-state index in [4.69, 9.17) is 4.43 Å². The summed E-state index contributed by atoms with van der Waals surface area (Å²) >= 11 is 0. The van der Waals surface area contributed by atoms with Gasteiger partial charge in [0.25, 0.3) is 9.04 Å². The molecule has 16 heavy (non-hydrogen) atoms. The topological polar surface area (TPSA) is 9.23 Å². The second kappa shape index (κ2) is 4.32. The lowest BCUT2D eigenvalue weighted by Crippen LogP contribution is -2.39. The van der Waals surface area contributed by atoms with Gasteiger partial charge in [-0.1, -0.05) is 20.8 Å². The number of rotatable bonds is 2. The Morgan fingerprint density at radius 1 is 1.38 bits per heavy atom. The Morgan fingerprint density at radius 3 is 2.38 bits per heavy atom. The first kappa shape index (κ1) is 13.4. The van der Waals surface area contributed by atoms with Gasteiger partial charge in [-0.3, -0.25) is 0 Å². The van der Waals surface area contributed by atoms with Crippen LogP contribution in [0.5, 0.6) is 0 Å². The van der Waals surface area contributed by atoms with Crippen molar-refractivity contribution in [2.24, 2.45) is 5.41 Å². The minimum absolute atomic E-state index is 0.125. The summed E-state index contributed by atoms with van der Waals surface area (Å²) < 4.78 is 33.5. The van der Waals surface area contributed by atoms with Crippen LogP contribution in [0, 0.1) is 5.41 Å². The van der Waals surface area contributed by atoms with Crippen molar-refractivity contribution < 1.29 is 13.2 Å². The molecule has 0 fully saturated rings. The third-order valence-corrected chi connectivity index (χ3v) is 3.35. The first-order valence-corrected chi connectivity index (χ1v) is 7.81. The zero-order valence-corrected chi connectivity index (χ0v) is 11.5. The lowest BCUT2D eigenvalue weighted by molar-refractivity contribution is 0.0649. The first-order valence-electron chi connectivity index (χ1n) is 5.40. The normalized spacial score (nSPS) is 26.5. The Balaban J connectivity index is 2.95. The molecule has 1 aliphatic carbocycles. The highest BCUT2D eigenvalue weighted by Gasteiger charge is 2.43. The number of hydrogen-bond acceptors (Lipinski definition) is 1. The first-order chi connectivity index (χ1) is 7.14. The molecule has 0 saturated heterocycles. The molecule has 0 amide bonds. The van der Waals surface area contributed by atoms with E-state index in [-0.39, 0.29) is 6.42 Å². The van der Waals surface area contributed by atoms with Crippen molar-refractivity contribution in [2.45, 2.75) is 46.0 Å². The third kappa shape index (κ3) is 2.94. The van der Waals surface area contributed by atoms with Crippen molar-refractivity contribution in [2.75, 3.05) is 0 Å². The summed E-state index contributed by atoms with van der Waals surface area (Å²) in [5.74, 6) is -0.113. The standard InChI is InChI=1S/C12H19F2OSi/c1-11(2,3)12(14)7-9(13)6-10(8-12)15-16(4)5/h6-7H,8H2,1-5H3. The van der Waals surface area contributed by atoms with Gasteiger partial charge in [0, 0.05) is 17.9 Å². The highest BCUT2D eigenvalue weighted by molar-refractivity contribution is 6.48. The second-order valence-electron chi connectivity index (χ2n) is 5.44. The molecule has 1 rings (SSSR count). The van der Waals surface area contributed by atoms with Crippen molar-refractivity contribution in [3.05, 3.63) is 23.7 Å². The summed E-state index contributed by atoms with van der Waals surface area (Å²) in [5, 5.41) is 0. The summed E-state index contributed by atoms with van der Waals surface area (Å²) in [7, 11) is -0.980. The third-order valence-electron chi connectivity index (χ3n) is 2.68. The highest BCUT2D eigenvalue weighted by Crippen LogP contribution is 2.44. The molecule has 0 aliphatic heterocycles. The Bertz CT molecular complexity index is 328. The van der Waals surface area contributed by atoms with Gasteiger partial charge >= 0.3 is 0 Å². The number of alkyl halides is 1. The van der Waals surface area contributed by atoms with E-state index in [1.54, 1.807) is 20.8 Å². The van der Waals surface area contributed by atoms with Gasteiger partial charge in [0.05, 0.1) is 5.76 Å². The molecule has 0 bridgehead atoms. The molecule has 0 heterocycles. The molecule has 0 N–H and O–H groups in total. The molecular weight excluding hydrogens is 226 g/mol. The van der Waals surface area contributed by atoms with Crippen LogP contribution in [0.1, 0.15) is 27.2 Å². The molecule has 1 nitrogen and oxygen atoms in total. The van der Waals surface area contributed by atoms with Gasteiger partial charge in [0.1, 0.15) is 11.5 Å². The van der Waals surface area contributed by atoms with E-state index in [1.807, 2.05) is 13.1 Å². The van der Waals surface area contributed by atoms with E-state index in [2.05, 4.69) is 0 Å². The van der Waals surface area contributed by atoms with Crippen LogP contribution in [-0.2, 0) is 4.43 Å². The minimum Gasteiger partial charge on any atom is -0.545 e. The van der Waals surface area contributed by atoms with E-state index >= 15 is 0 Å². The van der Waals surface area contributed by atoms with Gasteiger partial charge in [-0.25, -0.2) is 8.78 Å². The predicted molar refractivity (Wildman–Crippen MR) is 63.8 cm³/mol. The van der Waals surface area contributed by atoms with Gasteiger partial charge < -0.3 is 4.43 Å². The molecule has 1 radical (unpaired) electrons. The number of allylic oxidation sites excluding steroid dienone is 4. The number of hydrogen-bond donors (Lipinski definition) is 0. The molecule has 0 aromatic heterocycles. The summed E-state index contributed by atoms with van der Waals surface area (Å²) in [6.07, 6.45) is 2.48. The summed E-state index contributed by atoms with van der Waals surface area (Å²) in [5.41, 5.74) is -2.31. The van der Waals surface area contributed by atoms with Gasteiger partial charge in [-0.05, 0) is 19.2 Å². The lowest BCUT2D eigenvalue weighted by Gasteiger charge is -2.37. The monoisotopic (exact) mass is 245 g/mol. The molecule has 4 heteroatoms. The van der Waals surface area contributed by atoms with Gasteiger partial charge in [-0.15, -0.1) is 0 Å². The molecule has 0 aromatic carbocycles. The zero-order valence-electron chi connectivity index (χ0n) is 10.5. The van der Waals surface area contributed by atoms with Gasteiger partial charge in [0.2, 0.25) is 0 Å². The average Bonchev–Trinajstić information content (AvgIpc) is 1.97. The zero-order chi connectivity index (χ0) is 12.6. The largest absolute Gasteiger partial charge is 0.545 e. The average molecular weight is 245 g/mol. The number of halogens is 2. The maximum absolute atomic E-state index is 14.6. The molecule has 0 aromatic rings. The predicted octanol–water partition coefficient (Wildman–Crippen LogP) is 4.15. The fourth-order valence-electron chi connectivity index (χ4n) is 1.58. The van der Waals surface area contributed by atoms with E-state index in [0.717, 1.165) is 6.08 Å². The second-order valence-corrected chi connectivity index (χ2v) is 7.46. The lowest BCUT2D eigenvalue weighted by atomic mass is 9.74. The van der Waals surface area contributed by atoms with Crippen LogP contribution in [0.15, 0.2) is 23.7 Å². The molecule has 0 saturated carbocycles.